The maximum atomic E-state index is 13.3. The van der Waals surface area contributed by atoms with Gasteiger partial charge in [0, 0.05) is 6.04 Å². The molecule has 0 radical (unpaired) electrons. The molecule has 166 valence electrons. The average Bonchev–Trinajstić information content (AvgIpc) is 3.24. The van der Waals surface area contributed by atoms with E-state index in [1.165, 1.54) is 0 Å². The van der Waals surface area contributed by atoms with Crippen LogP contribution in [0.5, 0.6) is 0 Å². The van der Waals surface area contributed by atoms with Crippen molar-refractivity contribution in [3.63, 3.8) is 0 Å². The zero-order chi connectivity index (χ0) is 22.7. The average molecular weight is 451 g/mol. The van der Waals surface area contributed by atoms with Gasteiger partial charge in [-0.3, -0.25) is 19.5 Å². The summed E-state index contributed by atoms with van der Waals surface area (Å²) < 4.78 is 1.54. The number of imide groups is 1. The fourth-order valence-electron chi connectivity index (χ4n) is 4.10. The normalized spacial score (nSPS) is 13.9. The lowest BCUT2D eigenvalue weighted by molar-refractivity contribution is -0.117. The van der Waals surface area contributed by atoms with Gasteiger partial charge < -0.3 is 5.32 Å². The van der Waals surface area contributed by atoms with E-state index < -0.39 is 11.9 Å². The fourth-order valence-corrected chi connectivity index (χ4v) is 4.91. The number of para-hydroxylation sites is 1. The van der Waals surface area contributed by atoms with E-state index >= 15 is 0 Å². The Labute approximate surface area is 190 Å². The molecule has 2 aromatic carbocycles. The lowest BCUT2D eigenvalue weighted by Gasteiger charge is -2.15. The van der Waals surface area contributed by atoms with Crippen LogP contribution in [-0.2, 0) is 4.79 Å². The maximum Gasteiger partial charge on any atom is 0.321 e. The highest BCUT2D eigenvalue weighted by molar-refractivity contribution is 7.99. The lowest BCUT2D eigenvalue weighted by Crippen LogP contribution is -2.44. The van der Waals surface area contributed by atoms with Crippen molar-refractivity contribution in [3.8, 4) is 5.69 Å². The van der Waals surface area contributed by atoms with Crippen molar-refractivity contribution in [1.82, 2.24) is 20.2 Å². The van der Waals surface area contributed by atoms with Crippen LogP contribution in [0.25, 0.3) is 16.6 Å². The third kappa shape index (κ3) is 5.02. The molecule has 2 N–H and O–H groups in total. The van der Waals surface area contributed by atoms with Crippen molar-refractivity contribution in [2.45, 2.75) is 50.7 Å². The highest BCUT2D eigenvalue weighted by atomic mass is 32.2. The van der Waals surface area contributed by atoms with Crippen LogP contribution < -0.4 is 16.2 Å². The summed E-state index contributed by atoms with van der Waals surface area (Å²) in [4.78, 5) is 42.5. The summed E-state index contributed by atoms with van der Waals surface area (Å²) in [6.07, 6.45) is 4.08. The molecule has 0 aliphatic heterocycles. The Morgan fingerprint density at radius 2 is 1.78 bits per heavy atom. The predicted octanol–water partition coefficient (Wildman–Crippen LogP) is 3.86. The molecule has 32 heavy (non-hydrogen) atoms. The molecule has 0 unspecified atom stereocenters. The molecule has 0 bridgehead atoms. The van der Waals surface area contributed by atoms with Crippen LogP contribution in [0.2, 0.25) is 0 Å². The molecule has 1 saturated carbocycles. The first-order chi connectivity index (χ1) is 15.4. The number of hydrogen-bond donors (Lipinski definition) is 2. The second-order valence-electron chi connectivity index (χ2n) is 8.19. The molecule has 3 amide bonds. The van der Waals surface area contributed by atoms with Crippen molar-refractivity contribution >= 4 is 34.6 Å². The molecule has 0 atom stereocenters. The van der Waals surface area contributed by atoms with Gasteiger partial charge >= 0.3 is 6.03 Å². The van der Waals surface area contributed by atoms with E-state index in [1.54, 1.807) is 22.8 Å². The molecule has 1 aliphatic rings. The van der Waals surface area contributed by atoms with Crippen LogP contribution in [0.3, 0.4) is 0 Å². The molecular weight excluding hydrogens is 424 g/mol. The molecule has 0 spiro atoms. The van der Waals surface area contributed by atoms with E-state index in [0.29, 0.717) is 21.7 Å². The first-order valence-corrected chi connectivity index (χ1v) is 11.7. The molecule has 1 heterocycles. The number of rotatable bonds is 5. The van der Waals surface area contributed by atoms with E-state index in [-0.39, 0.29) is 17.4 Å². The highest BCUT2D eigenvalue weighted by Crippen LogP contribution is 2.23. The van der Waals surface area contributed by atoms with Crippen LogP contribution in [0, 0.1) is 13.8 Å². The maximum absolute atomic E-state index is 13.3. The third-order valence-corrected chi connectivity index (χ3v) is 6.42. The van der Waals surface area contributed by atoms with E-state index in [1.807, 2.05) is 38.1 Å². The summed E-state index contributed by atoms with van der Waals surface area (Å²) in [5.41, 5.74) is 3.13. The van der Waals surface area contributed by atoms with Gasteiger partial charge in [0.05, 0.1) is 22.3 Å². The molecule has 7 nitrogen and oxygen atoms in total. The van der Waals surface area contributed by atoms with Gasteiger partial charge in [0.15, 0.2) is 5.16 Å². The monoisotopic (exact) mass is 450 g/mol. The first-order valence-electron chi connectivity index (χ1n) is 10.7. The zero-order valence-corrected chi connectivity index (χ0v) is 19.0. The summed E-state index contributed by atoms with van der Waals surface area (Å²) in [5.74, 6) is -0.465. The van der Waals surface area contributed by atoms with Crippen LogP contribution in [-0.4, -0.2) is 33.3 Å². The number of urea groups is 1. The van der Waals surface area contributed by atoms with Gasteiger partial charge in [-0.2, -0.15) is 0 Å². The Balaban J connectivity index is 1.59. The molecule has 0 saturated heterocycles. The predicted molar refractivity (Wildman–Crippen MR) is 126 cm³/mol. The number of nitrogens with zero attached hydrogens (tertiary/aromatic N) is 2. The smallest absolute Gasteiger partial charge is 0.321 e. The number of benzene rings is 2. The van der Waals surface area contributed by atoms with Crippen LogP contribution in [0.15, 0.2) is 52.4 Å². The molecule has 1 fully saturated rings. The number of aryl methyl sites for hydroxylation is 2. The second-order valence-corrected chi connectivity index (χ2v) is 9.13. The highest BCUT2D eigenvalue weighted by Gasteiger charge is 2.19. The molecule has 1 aliphatic carbocycles. The van der Waals surface area contributed by atoms with Crippen LogP contribution in [0.1, 0.15) is 36.8 Å². The number of amides is 3. The van der Waals surface area contributed by atoms with Gasteiger partial charge in [-0.1, -0.05) is 42.8 Å². The Morgan fingerprint density at radius 1 is 1.09 bits per heavy atom. The SMILES string of the molecule is Cc1cc(C)cc(-n2c(SCC(=O)NC(=O)NC3CCCC3)nc3ccccc3c2=O)c1. The van der Waals surface area contributed by atoms with Gasteiger partial charge in [0.1, 0.15) is 0 Å². The minimum Gasteiger partial charge on any atom is -0.335 e. The van der Waals surface area contributed by atoms with Gasteiger partial charge in [-0.05, 0) is 62.1 Å². The van der Waals surface area contributed by atoms with Crippen molar-refractivity contribution < 1.29 is 9.59 Å². The Morgan fingerprint density at radius 3 is 2.50 bits per heavy atom. The quantitative estimate of drug-likeness (QED) is 0.455. The van der Waals surface area contributed by atoms with Gasteiger partial charge in [-0.25, -0.2) is 9.78 Å². The van der Waals surface area contributed by atoms with Crippen molar-refractivity contribution in [1.29, 1.82) is 0 Å². The largest absolute Gasteiger partial charge is 0.335 e. The standard InChI is InChI=1S/C24H26N4O3S/c1-15-11-16(2)13-18(12-15)28-22(30)19-9-5-6-10-20(19)26-24(28)32-14-21(29)27-23(31)25-17-7-3-4-8-17/h5-6,9-13,17H,3-4,7-8,14H2,1-2H3,(H2,25,27,29,31). The van der Waals surface area contributed by atoms with Crippen molar-refractivity contribution in [2.24, 2.45) is 0 Å². The van der Waals surface area contributed by atoms with E-state index in [0.717, 1.165) is 48.6 Å². The number of thioether (sulfide) groups is 1. The Hall–Kier alpha value is -3.13. The molecule has 8 heteroatoms. The number of fused-ring (bicyclic) bond motifs is 1. The van der Waals surface area contributed by atoms with Crippen LogP contribution in [0.4, 0.5) is 4.79 Å². The lowest BCUT2D eigenvalue weighted by atomic mass is 10.1. The minimum absolute atomic E-state index is 0.0341. The Bertz CT molecular complexity index is 1210. The first kappa shape index (κ1) is 22.1. The van der Waals surface area contributed by atoms with Gasteiger partial charge in [0.25, 0.3) is 5.56 Å². The summed E-state index contributed by atoms with van der Waals surface area (Å²) in [6, 6.07) is 12.7. The van der Waals surface area contributed by atoms with Gasteiger partial charge in [-0.15, -0.1) is 0 Å². The van der Waals surface area contributed by atoms with E-state index in [2.05, 4.69) is 15.6 Å². The van der Waals surface area contributed by atoms with Gasteiger partial charge in [0.2, 0.25) is 5.91 Å². The number of nitrogens with one attached hydrogen (secondary N) is 2. The minimum atomic E-state index is -0.472. The summed E-state index contributed by atoms with van der Waals surface area (Å²) in [5, 5.41) is 6.14. The van der Waals surface area contributed by atoms with Crippen molar-refractivity contribution in [3.05, 3.63) is 63.9 Å². The van der Waals surface area contributed by atoms with Crippen molar-refractivity contribution in [2.75, 3.05) is 5.75 Å². The number of aromatic nitrogens is 2. The molecule has 4 rings (SSSR count). The number of carbonyl (C=O) groups excluding carboxylic acids is 2. The molecule has 3 aromatic rings. The summed E-state index contributed by atoms with van der Waals surface area (Å²) in [6.45, 7) is 3.94. The van der Waals surface area contributed by atoms with E-state index in [9.17, 15) is 14.4 Å². The zero-order valence-electron chi connectivity index (χ0n) is 18.2. The Kier molecular flexibility index (Phi) is 6.60. The van der Waals surface area contributed by atoms with E-state index in [4.69, 9.17) is 0 Å². The second kappa shape index (κ2) is 9.56. The fraction of sp³-hybridized carbons (Fsp3) is 0.333. The van der Waals surface area contributed by atoms with Crippen LogP contribution >= 0.6 is 11.8 Å². The summed E-state index contributed by atoms with van der Waals surface area (Å²) in [7, 11) is 0. The summed E-state index contributed by atoms with van der Waals surface area (Å²) >= 11 is 1.14. The topological polar surface area (TPSA) is 93.1 Å². The molecule has 1 aromatic heterocycles. The molecular formula is C24H26N4O3S. The number of carbonyl (C=O) groups is 2. The third-order valence-electron chi connectivity index (χ3n) is 5.49. The number of hydrogen-bond acceptors (Lipinski definition) is 5.